The number of carbonyl (C=O) groups excluding carboxylic acids is 10. The summed E-state index contributed by atoms with van der Waals surface area (Å²) in [5.41, 5.74) is -3.99. The largest absolute Gasteiger partial charge is 0.469 e. The van der Waals surface area contributed by atoms with Crippen molar-refractivity contribution in [3.8, 4) is 0 Å². The molecule has 0 aromatic rings. The molecule has 5 aliphatic heterocycles. The first-order valence-electron chi connectivity index (χ1n) is 46.0. The first-order chi connectivity index (χ1) is 58.0. The van der Waals surface area contributed by atoms with Crippen LogP contribution in [0.1, 0.15) is 352 Å². The average Bonchev–Trinajstić information content (AvgIpc) is 1.52. The highest BCUT2D eigenvalue weighted by Crippen LogP contribution is 2.63. The van der Waals surface area contributed by atoms with Crippen LogP contribution in [0.5, 0.6) is 0 Å². The predicted molar refractivity (Wildman–Crippen MR) is 474 cm³/mol. The Hall–Kier alpha value is -7.36. The molecular formula is C94H155N7O20S. The zero-order valence-corrected chi connectivity index (χ0v) is 78.4. The normalized spacial score (nSPS) is 24.8. The van der Waals surface area contributed by atoms with E-state index in [9.17, 15) is 51.3 Å². The van der Waals surface area contributed by atoms with Crippen LogP contribution in [-0.4, -0.2) is 181 Å². The van der Waals surface area contributed by atoms with Gasteiger partial charge in [-0.15, -0.1) is 0 Å². The van der Waals surface area contributed by atoms with Gasteiger partial charge in [0, 0.05) is 119 Å². The summed E-state index contributed by atoms with van der Waals surface area (Å²) in [7, 11) is 4.60. The fourth-order valence-corrected chi connectivity index (χ4v) is 20.3. The zero-order chi connectivity index (χ0) is 90.4. The van der Waals surface area contributed by atoms with Crippen molar-refractivity contribution in [3.63, 3.8) is 0 Å². The lowest BCUT2D eigenvalue weighted by atomic mass is 9.55. The number of unbranched alkanes of at least 4 members (excludes halogenated alkanes) is 28. The minimum Gasteiger partial charge on any atom is -0.469 e. The number of methoxy groups -OCH3 is 7. The van der Waals surface area contributed by atoms with E-state index in [1.165, 1.54) is 153 Å². The van der Waals surface area contributed by atoms with E-state index in [1.807, 2.05) is 48.5 Å². The Labute approximate surface area is 730 Å². The van der Waals surface area contributed by atoms with Gasteiger partial charge in [0.2, 0.25) is 17.7 Å². The number of carbonyl (C=O) groups is 10. The molecular weight excluding hydrogens is 1580 g/mol. The third-order valence-electron chi connectivity index (χ3n) is 27.4. The molecule has 0 spiro atoms. The van der Waals surface area contributed by atoms with Gasteiger partial charge in [-0.2, -0.15) is 8.42 Å². The number of esters is 7. The van der Waals surface area contributed by atoms with Crippen LogP contribution in [0.15, 0.2) is 48.9 Å². The van der Waals surface area contributed by atoms with Gasteiger partial charge in [-0.3, -0.25) is 67.5 Å². The molecule has 27 nitrogen and oxygen atoms in total. The van der Waals surface area contributed by atoms with Crippen LogP contribution in [0.3, 0.4) is 0 Å². The van der Waals surface area contributed by atoms with Gasteiger partial charge in [0.25, 0.3) is 10.1 Å². The predicted octanol–water partition coefficient (Wildman–Crippen LogP) is 17.1. The molecule has 0 aliphatic carbocycles. The highest BCUT2D eigenvalue weighted by atomic mass is 32.2. The number of allylic oxidation sites excluding steroid dienone is 6. The molecule has 5 rings (SSSR count). The Balaban J connectivity index is 1.88. The van der Waals surface area contributed by atoms with Crippen molar-refractivity contribution in [2.45, 2.75) is 369 Å². The molecule has 5 aliphatic rings. The van der Waals surface area contributed by atoms with Gasteiger partial charge >= 0.3 is 41.8 Å². The van der Waals surface area contributed by atoms with Gasteiger partial charge < -0.3 is 54.0 Å². The topological polar surface area (TPSA) is 366 Å². The lowest BCUT2D eigenvalue weighted by Gasteiger charge is -2.48. The van der Waals surface area contributed by atoms with Crippen molar-refractivity contribution in [1.82, 2.24) is 20.9 Å². The SMILES string of the molecule is CCCCCCCCCCCCCCCCN(CCCCCCCCCCCCCCCC)C(=O)[C@H](CC(=O)N/C1=C2/N/C(=C(/C)C3=N[C@@](C)([C@@H]4N=C(/C(C)=C5N=C1C(C)(C)[C@@H]\5CCC(=O)OC)[C@](C)(CCC(=O)OC)[C@H]4CC(=O)OC)[C@@](C)(CC(=O)OC)[C@@H]3CCC(=O)OC)[C@@](C)(CC(=O)OC)[C@@H]2CCC(=O)OC)NC(=O)CCCCCS(=O)(=O)O. The standard InChI is InChI=1S/C94H155N7O20S/c1-18-20-22-24-26-28-30-32-34-36-38-40-42-46-58-101(59-47-43-41-39-37-35-33-31-29-27-25-23-21-19-2)89(111)71(95-72(102)49-45-44-48-60-122(112,113)114)62-73(103)96-84-83-68(51-54-75(105)116-12)92(8,63-79(109)120-16)86(98-83)66(4)82-69(52-55-76(106)117-13)93(9,64-80(110)121-17)94(10,100-82)87-70(61-78(108)119-15)91(7,57-56-77(107)118-14)85(99-87)65(3)81-67(50-53-74(104)115-11)90(5,6)88(84)97-81/h67-71,87,98H,18-64H2,1-17H3,(H,95,102)(H,96,103)(H,112,113,114)/b81-65-,84-83+,86-66-/t67-,68-,69-,70+,71+,87-,91-,92+,93+,94+/m1/s1. The van der Waals surface area contributed by atoms with Crippen LogP contribution in [0.2, 0.25) is 0 Å². The second-order valence-electron chi connectivity index (χ2n) is 36.4. The van der Waals surface area contributed by atoms with Crippen LogP contribution in [0.4, 0.5) is 0 Å². The van der Waals surface area contributed by atoms with Crippen LogP contribution < -0.4 is 16.0 Å². The van der Waals surface area contributed by atoms with Crippen molar-refractivity contribution < 1.29 is 94.1 Å². The fraction of sp³-hybridized carbons (Fsp3) is 0.798. The molecule has 122 heavy (non-hydrogen) atoms. The van der Waals surface area contributed by atoms with Crippen molar-refractivity contribution in [2.75, 3.05) is 68.6 Å². The number of hydrogen-bond donors (Lipinski definition) is 4. The molecule has 0 saturated carbocycles. The fourth-order valence-electron chi connectivity index (χ4n) is 19.8. The first kappa shape index (κ1) is 105. The first-order valence-corrected chi connectivity index (χ1v) is 47.6. The van der Waals surface area contributed by atoms with Gasteiger partial charge in [0.05, 0.1) is 104 Å². The minimum atomic E-state index is -4.29. The summed E-state index contributed by atoms with van der Waals surface area (Å²) < 4.78 is 71.2. The summed E-state index contributed by atoms with van der Waals surface area (Å²) in [6.45, 7) is 20.1. The number of rotatable bonds is 59. The molecule has 0 aromatic carbocycles. The van der Waals surface area contributed by atoms with Crippen LogP contribution in [0.25, 0.3) is 0 Å². The quantitative estimate of drug-likeness (QED) is 0.0190. The third-order valence-corrected chi connectivity index (χ3v) is 28.2. The van der Waals surface area contributed by atoms with Gasteiger partial charge in [0.15, 0.2) is 0 Å². The molecule has 10 atom stereocenters. The smallest absolute Gasteiger partial charge is 0.306 e. The molecule has 5 heterocycles. The molecule has 28 heteroatoms. The number of ether oxygens (including phenoxy) is 7. The van der Waals surface area contributed by atoms with E-state index in [4.69, 9.17) is 48.1 Å². The maximum atomic E-state index is 16.4. The molecule has 8 bridgehead atoms. The lowest BCUT2D eigenvalue weighted by molar-refractivity contribution is -0.147. The number of nitrogens with one attached hydrogen (secondary N) is 3. The van der Waals surface area contributed by atoms with Crippen molar-refractivity contribution in [3.05, 3.63) is 33.9 Å². The molecule has 4 N–H and O–H groups in total. The van der Waals surface area contributed by atoms with Crippen molar-refractivity contribution in [2.24, 2.45) is 60.3 Å². The number of aliphatic imine (C=N–C) groups is 3. The zero-order valence-electron chi connectivity index (χ0n) is 77.6. The van der Waals surface area contributed by atoms with E-state index in [1.54, 1.807) is 11.8 Å². The van der Waals surface area contributed by atoms with Crippen LogP contribution in [0, 0.1) is 45.3 Å². The Bertz CT molecular complexity index is 3770. The Morgan fingerprint density at radius 2 is 0.910 bits per heavy atom. The summed E-state index contributed by atoms with van der Waals surface area (Å²) in [6, 6.07) is -2.55. The minimum absolute atomic E-state index is 0.0178. The highest BCUT2D eigenvalue weighted by molar-refractivity contribution is 7.85. The van der Waals surface area contributed by atoms with E-state index in [0.29, 0.717) is 59.9 Å². The van der Waals surface area contributed by atoms with Crippen molar-refractivity contribution in [1.29, 1.82) is 0 Å². The number of hydrogen-bond acceptors (Lipinski definition) is 23. The summed E-state index contributed by atoms with van der Waals surface area (Å²) in [5, 5.41) is 10.1. The van der Waals surface area contributed by atoms with E-state index in [0.717, 1.165) is 64.2 Å². The Morgan fingerprint density at radius 3 is 1.37 bits per heavy atom. The van der Waals surface area contributed by atoms with Crippen LogP contribution in [-0.2, 0) is 91.2 Å². The van der Waals surface area contributed by atoms with Gasteiger partial charge in [-0.1, -0.05) is 222 Å². The van der Waals surface area contributed by atoms with E-state index < -0.39 is 145 Å². The average molecular weight is 1740 g/mol. The number of amides is 3. The van der Waals surface area contributed by atoms with Gasteiger partial charge in [0.1, 0.15) is 6.04 Å². The molecule has 0 unspecified atom stereocenters. The molecule has 0 aromatic heterocycles. The third kappa shape index (κ3) is 29.9. The second-order valence-corrected chi connectivity index (χ2v) is 38.0. The number of nitrogens with zero attached hydrogens (tertiary/aromatic N) is 4. The lowest BCUT2D eigenvalue weighted by Crippen LogP contribution is -2.55. The summed E-state index contributed by atoms with van der Waals surface area (Å²) >= 11 is 0. The summed E-state index contributed by atoms with van der Waals surface area (Å²) in [6.07, 6.45) is 29.9. The van der Waals surface area contributed by atoms with E-state index >= 15 is 9.59 Å². The Kier molecular flexibility index (Phi) is 44.8. The van der Waals surface area contributed by atoms with Gasteiger partial charge in [-0.25, -0.2) is 0 Å². The molecule has 3 amide bonds. The Morgan fingerprint density at radius 1 is 0.484 bits per heavy atom. The van der Waals surface area contributed by atoms with Crippen molar-refractivity contribution >= 4 is 86.8 Å². The molecule has 0 radical (unpaired) electrons. The van der Waals surface area contributed by atoms with E-state index in [2.05, 4.69) is 29.8 Å². The maximum Gasteiger partial charge on any atom is 0.306 e. The second kappa shape index (κ2) is 51.9. The molecule has 692 valence electrons. The molecule has 1 saturated heterocycles. The van der Waals surface area contributed by atoms with Crippen LogP contribution >= 0.6 is 0 Å². The number of fused-ring (bicyclic) bond motifs is 6. The molecule has 1 fully saturated rings. The summed E-state index contributed by atoms with van der Waals surface area (Å²) in [5.74, 6) is -10.0. The monoisotopic (exact) mass is 1730 g/mol. The van der Waals surface area contributed by atoms with E-state index in [-0.39, 0.29) is 113 Å². The van der Waals surface area contributed by atoms with Gasteiger partial charge in [-0.05, 0) is 83.3 Å². The maximum absolute atomic E-state index is 16.4. The highest BCUT2D eigenvalue weighted by Gasteiger charge is 2.67. The summed E-state index contributed by atoms with van der Waals surface area (Å²) in [4.78, 5) is 165.